The number of amides is 1. The van der Waals surface area contributed by atoms with E-state index < -0.39 is 0 Å². The SMILES string of the molecule is CCCCCCCCCCCCCC(=O)N(CCOC)Cc1cccn1Cc1ccccc1Cl. The lowest BCUT2D eigenvalue weighted by molar-refractivity contribution is -0.132. The van der Waals surface area contributed by atoms with E-state index in [0.29, 0.717) is 32.7 Å². The number of hydrogen-bond donors (Lipinski definition) is 0. The van der Waals surface area contributed by atoms with Gasteiger partial charge in [0.05, 0.1) is 13.2 Å². The second kappa shape index (κ2) is 17.6. The molecule has 0 aliphatic heterocycles. The van der Waals surface area contributed by atoms with Crippen LogP contribution in [-0.4, -0.2) is 35.6 Å². The molecule has 190 valence electrons. The molecule has 1 amide bonds. The molecule has 1 aromatic heterocycles. The van der Waals surface area contributed by atoms with Crippen molar-refractivity contribution in [2.75, 3.05) is 20.3 Å². The fraction of sp³-hybridized carbons (Fsp3) is 0.621. The Kier molecular flexibility index (Phi) is 14.8. The lowest BCUT2D eigenvalue weighted by atomic mass is 10.1. The highest BCUT2D eigenvalue weighted by Gasteiger charge is 2.16. The summed E-state index contributed by atoms with van der Waals surface area (Å²) in [6.45, 7) is 4.73. The zero-order valence-corrected chi connectivity index (χ0v) is 22.2. The molecule has 1 heterocycles. The molecule has 4 nitrogen and oxygen atoms in total. The number of unbranched alkanes of at least 4 members (excludes halogenated alkanes) is 10. The van der Waals surface area contributed by atoms with Crippen LogP contribution in [0.4, 0.5) is 0 Å². The van der Waals surface area contributed by atoms with Crippen LogP contribution >= 0.6 is 11.6 Å². The topological polar surface area (TPSA) is 34.5 Å². The van der Waals surface area contributed by atoms with Crippen molar-refractivity contribution in [2.45, 2.75) is 97.1 Å². The van der Waals surface area contributed by atoms with Crippen molar-refractivity contribution in [1.82, 2.24) is 9.47 Å². The van der Waals surface area contributed by atoms with Gasteiger partial charge in [-0.2, -0.15) is 0 Å². The Bertz CT molecular complexity index is 805. The van der Waals surface area contributed by atoms with E-state index in [0.717, 1.165) is 29.1 Å². The molecule has 0 aliphatic carbocycles. The number of carbonyl (C=O) groups is 1. The van der Waals surface area contributed by atoms with E-state index in [2.05, 4.69) is 23.8 Å². The molecule has 0 N–H and O–H groups in total. The first kappa shape index (κ1) is 28.5. The van der Waals surface area contributed by atoms with E-state index in [1.54, 1.807) is 7.11 Å². The quantitative estimate of drug-likeness (QED) is 0.188. The summed E-state index contributed by atoms with van der Waals surface area (Å²) in [5.41, 5.74) is 2.20. The molecule has 1 aromatic carbocycles. The summed E-state index contributed by atoms with van der Waals surface area (Å²) in [6.07, 6.45) is 16.9. The fourth-order valence-electron chi connectivity index (χ4n) is 4.34. The summed E-state index contributed by atoms with van der Waals surface area (Å²) in [5.74, 6) is 0.221. The zero-order chi connectivity index (χ0) is 24.4. The molecule has 0 spiro atoms. The third kappa shape index (κ3) is 11.1. The highest BCUT2D eigenvalue weighted by atomic mass is 35.5. The van der Waals surface area contributed by atoms with E-state index in [4.69, 9.17) is 16.3 Å². The summed E-state index contributed by atoms with van der Waals surface area (Å²) in [5, 5.41) is 0.769. The molecule has 2 rings (SSSR count). The number of methoxy groups -OCH3 is 1. The lowest BCUT2D eigenvalue weighted by Gasteiger charge is -2.23. The molecule has 0 fully saturated rings. The van der Waals surface area contributed by atoms with Crippen LogP contribution in [0.25, 0.3) is 0 Å². The summed E-state index contributed by atoms with van der Waals surface area (Å²) in [7, 11) is 1.69. The largest absolute Gasteiger partial charge is 0.383 e. The van der Waals surface area contributed by atoms with Gasteiger partial charge in [-0.1, -0.05) is 101 Å². The maximum Gasteiger partial charge on any atom is 0.222 e. The van der Waals surface area contributed by atoms with Gasteiger partial charge in [0.25, 0.3) is 0 Å². The highest BCUT2D eigenvalue weighted by Crippen LogP contribution is 2.19. The maximum atomic E-state index is 13.0. The molecular formula is C29H45ClN2O2. The first-order chi connectivity index (χ1) is 16.7. The Balaban J connectivity index is 1.74. The second-order valence-electron chi connectivity index (χ2n) is 9.31. The molecule has 0 atom stereocenters. The summed E-state index contributed by atoms with van der Waals surface area (Å²) < 4.78 is 7.45. The van der Waals surface area contributed by atoms with Gasteiger partial charge in [0.1, 0.15) is 0 Å². The number of ether oxygens (including phenoxy) is 1. The van der Waals surface area contributed by atoms with Gasteiger partial charge in [-0.15, -0.1) is 0 Å². The first-order valence-electron chi connectivity index (χ1n) is 13.3. The van der Waals surface area contributed by atoms with E-state index in [1.807, 2.05) is 35.2 Å². The molecule has 34 heavy (non-hydrogen) atoms. The van der Waals surface area contributed by atoms with Crippen LogP contribution in [-0.2, 0) is 22.6 Å². The van der Waals surface area contributed by atoms with Crippen molar-refractivity contribution in [2.24, 2.45) is 0 Å². The van der Waals surface area contributed by atoms with E-state index in [9.17, 15) is 4.79 Å². The molecule has 0 aliphatic rings. The van der Waals surface area contributed by atoms with Gasteiger partial charge in [-0.05, 0) is 30.2 Å². The minimum atomic E-state index is 0.221. The number of aromatic nitrogens is 1. The molecule has 0 radical (unpaired) electrons. The number of nitrogens with zero attached hydrogens (tertiary/aromatic N) is 2. The minimum Gasteiger partial charge on any atom is -0.383 e. The average Bonchev–Trinajstić information content (AvgIpc) is 3.28. The van der Waals surface area contributed by atoms with E-state index >= 15 is 0 Å². The Hall–Kier alpha value is -1.78. The van der Waals surface area contributed by atoms with Crippen molar-refractivity contribution >= 4 is 17.5 Å². The smallest absolute Gasteiger partial charge is 0.222 e. The predicted octanol–water partition coefficient (Wildman–Crippen LogP) is 7.87. The standard InChI is InChI=1S/C29H45ClN2O2/c1-3-4-5-6-7-8-9-10-11-12-13-20-29(33)32(22-23-34-2)25-27-18-16-21-31(27)24-26-17-14-15-19-28(26)30/h14-19,21H,3-13,20,22-25H2,1-2H3. The Morgan fingerprint density at radius 1 is 0.912 bits per heavy atom. The number of rotatable bonds is 19. The van der Waals surface area contributed by atoms with E-state index in [1.165, 1.54) is 57.8 Å². The molecule has 0 bridgehead atoms. The Morgan fingerprint density at radius 3 is 2.21 bits per heavy atom. The number of hydrogen-bond acceptors (Lipinski definition) is 2. The normalized spacial score (nSPS) is 11.1. The van der Waals surface area contributed by atoms with Gasteiger partial charge in [-0.25, -0.2) is 0 Å². The van der Waals surface area contributed by atoms with Crippen LogP contribution in [0.15, 0.2) is 42.6 Å². The first-order valence-corrected chi connectivity index (χ1v) is 13.7. The van der Waals surface area contributed by atoms with Crippen LogP contribution in [0, 0.1) is 0 Å². The van der Waals surface area contributed by atoms with Gasteiger partial charge in [0, 0.05) is 43.5 Å². The fourth-order valence-corrected chi connectivity index (χ4v) is 4.54. The highest BCUT2D eigenvalue weighted by molar-refractivity contribution is 6.31. The van der Waals surface area contributed by atoms with Gasteiger partial charge in [0.15, 0.2) is 0 Å². The number of carbonyl (C=O) groups excluding carboxylic acids is 1. The number of benzene rings is 1. The molecule has 2 aromatic rings. The number of halogens is 1. The van der Waals surface area contributed by atoms with Crippen LogP contribution < -0.4 is 0 Å². The van der Waals surface area contributed by atoms with Gasteiger partial charge in [0.2, 0.25) is 5.91 Å². The molecule has 0 unspecified atom stereocenters. The van der Waals surface area contributed by atoms with Crippen LogP contribution in [0.3, 0.4) is 0 Å². The van der Waals surface area contributed by atoms with Crippen molar-refractivity contribution in [3.05, 3.63) is 58.9 Å². The van der Waals surface area contributed by atoms with Crippen molar-refractivity contribution in [1.29, 1.82) is 0 Å². The molecule has 0 saturated heterocycles. The summed E-state index contributed by atoms with van der Waals surface area (Å²) in [4.78, 5) is 14.9. The molecule has 5 heteroatoms. The van der Waals surface area contributed by atoms with Gasteiger partial charge in [-0.3, -0.25) is 4.79 Å². The third-order valence-corrected chi connectivity index (χ3v) is 6.86. The third-order valence-electron chi connectivity index (χ3n) is 6.49. The Morgan fingerprint density at radius 2 is 1.56 bits per heavy atom. The Labute approximate surface area is 212 Å². The van der Waals surface area contributed by atoms with Crippen molar-refractivity contribution < 1.29 is 9.53 Å². The van der Waals surface area contributed by atoms with Crippen molar-refractivity contribution in [3.63, 3.8) is 0 Å². The zero-order valence-electron chi connectivity index (χ0n) is 21.4. The lowest BCUT2D eigenvalue weighted by Crippen LogP contribution is -2.34. The summed E-state index contributed by atoms with van der Waals surface area (Å²) >= 11 is 6.36. The van der Waals surface area contributed by atoms with Gasteiger partial charge < -0.3 is 14.2 Å². The van der Waals surface area contributed by atoms with Crippen molar-refractivity contribution in [3.8, 4) is 0 Å². The predicted molar refractivity (Wildman–Crippen MR) is 143 cm³/mol. The molecular weight excluding hydrogens is 444 g/mol. The van der Waals surface area contributed by atoms with Gasteiger partial charge >= 0.3 is 0 Å². The van der Waals surface area contributed by atoms with E-state index in [-0.39, 0.29) is 5.91 Å². The van der Waals surface area contributed by atoms with Crippen LogP contribution in [0.2, 0.25) is 5.02 Å². The second-order valence-corrected chi connectivity index (χ2v) is 9.72. The average molecular weight is 489 g/mol. The monoisotopic (exact) mass is 488 g/mol. The summed E-state index contributed by atoms with van der Waals surface area (Å²) in [6, 6.07) is 12.0. The van der Waals surface area contributed by atoms with Crippen LogP contribution in [0.5, 0.6) is 0 Å². The van der Waals surface area contributed by atoms with Crippen LogP contribution in [0.1, 0.15) is 95.2 Å². The molecule has 0 saturated carbocycles. The minimum absolute atomic E-state index is 0.221. The maximum absolute atomic E-state index is 13.0.